The largest absolute Gasteiger partial charge is 0.456 e. The molecular formula is C57H35N3O2. The van der Waals surface area contributed by atoms with E-state index in [1.807, 2.05) is 170 Å². The minimum absolute atomic E-state index is 0.0345. The van der Waals surface area contributed by atoms with Gasteiger partial charge in [0, 0.05) is 38.2 Å². The second-order valence-electron chi connectivity index (χ2n) is 15.1. The highest BCUT2D eigenvalue weighted by Crippen LogP contribution is 2.38. The lowest BCUT2D eigenvalue weighted by Gasteiger charge is -2.12. The van der Waals surface area contributed by atoms with E-state index in [9.17, 15) is 5.48 Å². The number of hydrogen-bond acceptors (Lipinski definition) is 5. The van der Waals surface area contributed by atoms with Crippen LogP contribution < -0.4 is 0 Å². The molecule has 0 fully saturated rings. The van der Waals surface area contributed by atoms with E-state index >= 15 is 0 Å². The zero-order valence-corrected chi connectivity index (χ0v) is 32.9. The molecular weight excluding hydrogens is 759 g/mol. The minimum atomic E-state index is -0.362. The van der Waals surface area contributed by atoms with E-state index in [0.717, 1.165) is 49.7 Å². The zero-order chi connectivity index (χ0) is 46.2. The molecule has 0 radical (unpaired) electrons. The van der Waals surface area contributed by atoms with E-state index < -0.39 is 0 Å². The van der Waals surface area contributed by atoms with Crippen LogP contribution in [0.2, 0.25) is 0 Å². The van der Waals surface area contributed by atoms with Gasteiger partial charge in [0.25, 0.3) is 0 Å². The Morgan fingerprint density at radius 2 is 0.758 bits per heavy atom. The van der Waals surface area contributed by atoms with Gasteiger partial charge in [-0.3, -0.25) is 0 Å². The number of aromatic nitrogens is 3. The maximum atomic E-state index is 9.70. The van der Waals surface area contributed by atoms with E-state index in [1.54, 1.807) is 0 Å². The molecule has 0 N–H and O–H groups in total. The number of nitrogens with zero attached hydrogens (tertiary/aromatic N) is 3. The summed E-state index contributed by atoms with van der Waals surface area (Å²) < 4.78 is 69.0. The van der Waals surface area contributed by atoms with Crippen LogP contribution in [0.4, 0.5) is 0 Å². The molecule has 3 aromatic heterocycles. The summed E-state index contributed by atoms with van der Waals surface area (Å²) in [5, 5.41) is 2.01. The average Bonchev–Trinajstić information content (AvgIpc) is 3.98. The fourth-order valence-electron chi connectivity index (χ4n) is 8.07. The van der Waals surface area contributed by atoms with Crippen LogP contribution in [-0.4, -0.2) is 15.0 Å². The average molecular weight is 800 g/mol. The molecule has 62 heavy (non-hydrogen) atoms. The second kappa shape index (κ2) is 14.7. The Morgan fingerprint density at radius 3 is 1.44 bits per heavy atom. The van der Waals surface area contributed by atoms with Crippen LogP contribution in [0.1, 0.15) is 8.22 Å². The van der Waals surface area contributed by atoms with Gasteiger partial charge in [-0.2, -0.15) is 0 Å². The van der Waals surface area contributed by atoms with Crippen LogP contribution in [0.25, 0.3) is 123 Å². The Hall–Kier alpha value is -8.41. The Balaban J connectivity index is 1.08. The Morgan fingerprint density at radius 1 is 0.274 bits per heavy atom. The molecule has 0 bridgehead atoms. The number of hydrogen-bond donors (Lipinski definition) is 0. The number of rotatable bonds is 7. The maximum absolute atomic E-state index is 9.70. The number of para-hydroxylation sites is 1. The lowest BCUT2D eigenvalue weighted by Crippen LogP contribution is -2.00. The van der Waals surface area contributed by atoms with E-state index in [2.05, 4.69) is 6.07 Å². The first-order valence-electron chi connectivity index (χ1n) is 23.3. The molecule has 5 heteroatoms. The van der Waals surface area contributed by atoms with Crippen molar-refractivity contribution >= 4 is 43.9 Å². The van der Waals surface area contributed by atoms with Gasteiger partial charge in [0.15, 0.2) is 17.5 Å². The van der Waals surface area contributed by atoms with Gasteiger partial charge in [-0.05, 0) is 105 Å². The molecule has 0 aliphatic heterocycles. The molecule has 3 heterocycles. The molecule has 12 rings (SSSR count). The number of fused-ring (bicyclic) bond motifs is 6. The monoisotopic (exact) mass is 799 g/mol. The maximum Gasteiger partial charge on any atom is 0.164 e. The highest BCUT2D eigenvalue weighted by atomic mass is 16.3. The van der Waals surface area contributed by atoms with Crippen molar-refractivity contribution in [3.05, 3.63) is 212 Å². The lowest BCUT2D eigenvalue weighted by atomic mass is 9.96. The molecule has 0 saturated carbocycles. The number of furan rings is 2. The van der Waals surface area contributed by atoms with Crippen LogP contribution in [0, 0.1) is 0 Å². The Bertz CT molecular complexity index is 3910. The van der Waals surface area contributed by atoms with Crippen molar-refractivity contribution in [2.45, 2.75) is 0 Å². The summed E-state index contributed by atoms with van der Waals surface area (Å²) in [6.07, 6.45) is 0. The van der Waals surface area contributed by atoms with Crippen molar-refractivity contribution < 1.29 is 17.1 Å². The van der Waals surface area contributed by atoms with Crippen LogP contribution in [0.3, 0.4) is 0 Å². The summed E-state index contributed by atoms with van der Waals surface area (Å²) in [7, 11) is 0. The van der Waals surface area contributed by atoms with E-state index in [0.29, 0.717) is 22.3 Å². The summed E-state index contributed by atoms with van der Waals surface area (Å²) in [4.78, 5) is 15.0. The highest BCUT2D eigenvalue weighted by Gasteiger charge is 2.18. The fourth-order valence-corrected chi connectivity index (χ4v) is 8.07. The van der Waals surface area contributed by atoms with Crippen molar-refractivity contribution in [2.75, 3.05) is 0 Å². The van der Waals surface area contributed by atoms with Gasteiger partial charge in [-0.25, -0.2) is 15.0 Å². The van der Waals surface area contributed by atoms with Gasteiger partial charge in [-0.15, -0.1) is 0 Å². The smallest absolute Gasteiger partial charge is 0.164 e. The van der Waals surface area contributed by atoms with Crippen molar-refractivity contribution in [3.8, 4) is 78.7 Å². The topological polar surface area (TPSA) is 65.0 Å². The van der Waals surface area contributed by atoms with Gasteiger partial charge in [0.05, 0.1) is 8.22 Å². The molecule has 0 atom stereocenters. The molecule has 9 aromatic carbocycles. The van der Waals surface area contributed by atoms with Crippen LogP contribution in [-0.2, 0) is 0 Å². The predicted molar refractivity (Wildman–Crippen MR) is 252 cm³/mol. The van der Waals surface area contributed by atoms with E-state index in [-0.39, 0.29) is 86.8 Å². The van der Waals surface area contributed by atoms with Crippen LogP contribution >= 0.6 is 0 Å². The first-order valence-corrected chi connectivity index (χ1v) is 20.3. The van der Waals surface area contributed by atoms with Crippen molar-refractivity contribution in [3.63, 3.8) is 0 Å². The lowest BCUT2D eigenvalue weighted by molar-refractivity contribution is 0.668. The third kappa shape index (κ3) is 6.40. The van der Waals surface area contributed by atoms with Gasteiger partial charge in [0.1, 0.15) is 22.3 Å². The minimum Gasteiger partial charge on any atom is -0.456 e. The second-order valence-corrected chi connectivity index (χ2v) is 15.1. The summed E-state index contributed by atoms with van der Waals surface area (Å²) >= 11 is 0. The molecule has 0 unspecified atom stereocenters. The molecule has 5 nitrogen and oxygen atoms in total. The third-order valence-electron chi connectivity index (χ3n) is 11.2. The molecule has 0 aliphatic carbocycles. The van der Waals surface area contributed by atoms with Gasteiger partial charge in [-0.1, -0.05) is 152 Å². The highest BCUT2D eigenvalue weighted by molar-refractivity contribution is 6.08. The van der Waals surface area contributed by atoms with E-state index in [1.165, 1.54) is 0 Å². The normalized spacial score (nSPS) is 12.9. The van der Waals surface area contributed by atoms with Crippen molar-refractivity contribution in [1.29, 1.82) is 0 Å². The molecule has 0 saturated heterocycles. The summed E-state index contributed by atoms with van der Waals surface area (Å²) in [5.41, 5.74) is 8.81. The standard InChI is InChI=1S/C57H35N3O2/c1-4-12-36(13-5-1)39-20-22-40(23-21-39)41-26-29-52-50(33-41)49-28-25-43(35-54(49)62-52)56-58-55(42-24-27-48-47-18-10-11-19-51(47)61-53(48)34-42)59-57(60-56)46-31-44(37-14-6-2-7-15-37)30-45(32-46)38-16-8-3-9-17-38/h1-35H/i25D,26D,28D,29D,33D,35D. The Labute approximate surface area is 365 Å². The summed E-state index contributed by atoms with van der Waals surface area (Å²) in [6, 6.07) is 55.3. The van der Waals surface area contributed by atoms with Gasteiger partial charge >= 0.3 is 0 Å². The first-order chi connectivity index (χ1) is 33.2. The number of benzene rings is 9. The van der Waals surface area contributed by atoms with Crippen LogP contribution in [0.5, 0.6) is 0 Å². The van der Waals surface area contributed by atoms with Crippen molar-refractivity contribution in [2.24, 2.45) is 0 Å². The van der Waals surface area contributed by atoms with Gasteiger partial charge < -0.3 is 8.83 Å². The summed E-state index contributed by atoms with van der Waals surface area (Å²) in [6.45, 7) is 0. The Kier molecular flexibility index (Phi) is 7.05. The molecule has 0 spiro atoms. The fraction of sp³-hybridized carbons (Fsp3) is 0. The van der Waals surface area contributed by atoms with Crippen molar-refractivity contribution in [1.82, 2.24) is 15.0 Å². The predicted octanol–water partition coefficient (Wildman–Crippen LogP) is 15.3. The molecule has 12 aromatic rings. The molecule has 0 aliphatic rings. The quantitative estimate of drug-likeness (QED) is 0.161. The molecule has 0 amide bonds. The summed E-state index contributed by atoms with van der Waals surface area (Å²) in [5.74, 6) is 0.477. The van der Waals surface area contributed by atoms with Crippen LogP contribution in [0.15, 0.2) is 221 Å². The van der Waals surface area contributed by atoms with E-state index in [4.69, 9.17) is 26.5 Å². The SMILES string of the molecule is [2H]c1c(-c2ccc(-c3ccccc3)cc2)c([2H])c2c(oc3c([2H])c(-c4nc(-c5cc(-c6ccccc6)cc(-c6ccccc6)c5)nc(-c5ccc6c(c5)oc5ccccc56)n4)c([2H])c([2H])c32)c1[2H]. The zero-order valence-electron chi connectivity index (χ0n) is 38.9. The molecule has 290 valence electrons. The van der Waals surface area contributed by atoms with Gasteiger partial charge in [0.2, 0.25) is 0 Å². The first kappa shape index (κ1) is 29.7. The third-order valence-corrected chi connectivity index (χ3v) is 11.2.